The summed E-state index contributed by atoms with van der Waals surface area (Å²) in [5.74, 6) is 0.804. The van der Waals surface area contributed by atoms with E-state index in [1.165, 1.54) is 4.88 Å². The van der Waals surface area contributed by atoms with Crippen LogP contribution in [0.1, 0.15) is 30.0 Å². The van der Waals surface area contributed by atoms with Crippen LogP contribution in [0.5, 0.6) is 5.75 Å². The Hall–Kier alpha value is -1.39. The molecule has 2 aromatic heterocycles. The van der Waals surface area contributed by atoms with Gasteiger partial charge in [0.2, 0.25) is 0 Å². The highest BCUT2D eigenvalue weighted by atomic mass is 32.1. The van der Waals surface area contributed by atoms with E-state index in [0.717, 1.165) is 24.3 Å². The van der Waals surface area contributed by atoms with Crippen molar-refractivity contribution in [3.05, 3.63) is 46.4 Å². The van der Waals surface area contributed by atoms with Gasteiger partial charge in [-0.15, -0.1) is 11.3 Å². The van der Waals surface area contributed by atoms with Crippen LogP contribution in [-0.2, 0) is 6.42 Å². The van der Waals surface area contributed by atoms with E-state index < -0.39 is 0 Å². The average Bonchev–Trinajstić information content (AvgIpc) is 2.92. The highest BCUT2D eigenvalue weighted by molar-refractivity contribution is 7.09. The number of rotatable bonds is 6. The van der Waals surface area contributed by atoms with Crippen LogP contribution in [0.3, 0.4) is 0 Å². The van der Waals surface area contributed by atoms with Crippen LogP contribution >= 0.6 is 11.3 Å². The molecule has 96 valence electrons. The number of ether oxygens (including phenoxy) is 1. The third kappa shape index (κ3) is 3.55. The maximum absolute atomic E-state index is 5.91. The predicted molar refractivity (Wildman–Crippen MR) is 75.0 cm³/mol. The molecule has 0 saturated heterocycles. The Kier molecular flexibility index (Phi) is 4.73. The molecule has 0 aromatic carbocycles. The number of pyridine rings is 1. The molecule has 4 heteroatoms. The fourth-order valence-electron chi connectivity index (χ4n) is 1.63. The van der Waals surface area contributed by atoms with Gasteiger partial charge in [0, 0.05) is 17.3 Å². The fraction of sp³-hybridized carbons (Fsp3) is 0.357. The maximum Gasteiger partial charge on any atom is 0.137 e. The van der Waals surface area contributed by atoms with Gasteiger partial charge in [-0.1, -0.05) is 13.0 Å². The summed E-state index contributed by atoms with van der Waals surface area (Å²) in [6, 6.07) is 8.07. The van der Waals surface area contributed by atoms with Crippen molar-refractivity contribution < 1.29 is 4.74 Å². The van der Waals surface area contributed by atoms with E-state index in [-0.39, 0.29) is 6.04 Å². The number of hydrogen-bond acceptors (Lipinski definition) is 4. The van der Waals surface area contributed by atoms with Crippen LogP contribution in [0.15, 0.2) is 35.8 Å². The first-order chi connectivity index (χ1) is 8.79. The van der Waals surface area contributed by atoms with Gasteiger partial charge in [0.1, 0.15) is 5.75 Å². The third-order valence-corrected chi connectivity index (χ3v) is 3.71. The second-order valence-corrected chi connectivity index (χ2v) is 5.14. The topological polar surface area (TPSA) is 48.1 Å². The lowest BCUT2D eigenvalue weighted by Gasteiger charge is -2.09. The molecule has 0 saturated carbocycles. The molecule has 3 nitrogen and oxygen atoms in total. The molecule has 0 fully saturated rings. The lowest BCUT2D eigenvalue weighted by Crippen LogP contribution is -2.10. The fourth-order valence-corrected chi connectivity index (χ4v) is 2.32. The molecular formula is C14H18N2OS. The zero-order valence-electron chi connectivity index (χ0n) is 10.5. The Morgan fingerprint density at radius 3 is 2.89 bits per heavy atom. The van der Waals surface area contributed by atoms with Crippen molar-refractivity contribution in [2.24, 2.45) is 5.73 Å². The van der Waals surface area contributed by atoms with Crippen molar-refractivity contribution in [3.8, 4) is 5.75 Å². The van der Waals surface area contributed by atoms with Gasteiger partial charge in [0.25, 0.3) is 0 Å². The van der Waals surface area contributed by atoms with Crippen LogP contribution in [0, 0.1) is 0 Å². The van der Waals surface area contributed by atoms with Crippen molar-refractivity contribution >= 4 is 11.3 Å². The Bertz CT molecular complexity index is 453. The Balaban J connectivity index is 1.83. The van der Waals surface area contributed by atoms with Gasteiger partial charge >= 0.3 is 0 Å². The molecule has 2 rings (SSSR count). The van der Waals surface area contributed by atoms with Gasteiger partial charge in [0.05, 0.1) is 18.5 Å². The normalized spacial score (nSPS) is 12.3. The van der Waals surface area contributed by atoms with E-state index in [9.17, 15) is 0 Å². The number of nitrogens with two attached hydrogens (primary N) is 1. The lowest BCUT2D eigenvalue weighted by molar-refractivity contribution is 0.321. The minimum Gasteiger partial charge on any atom is -0.492 e. The monoisotopic (exact) mass is 262 g/mol. The largest absolute Gasteiger partial charge is 0.492 e. The summed E-state index contributed by atoms with van der Waals surface area (Å²) in [5.41, 5.74) is 6.83. The summed E-state index contributed by atoms with van der Waals surface area (Å²) in [5, 5.41) is 2.08. The summed E-state index contributed by atoms with van der Waals surface area (Å²) in [4.78, 5) is 5.66. The molecule has 0 amide bonds. The molecule has 0 aliphatic heterocycles. The van der Waals surface area contributed by atoms with Crippen molar-refractivity contribution in [2.45, 2.75) is 25.8 Å². The van der Waals surface area contributed by atoms with Crippen molar-refractivity contribution in [1.82, 2.24) is 4.98 Å². The zero-order chi connectivity index (χ0) is 12.8. The average molecular weight is 262 g/mol. The molecular weight excluding hydrogens is 244 g/mol. The highest BCUT2D eigenvalue weighted by Crippen LogP contribution is 2.16. The maximum atomic E-state index is 5.91. The summed E-state index contributed by atoms with van der Waals surface area (Å²) >= 11 is 1.76. The molecule has 18 heavy (non-hydrogen) atoms. The highest BCUT2D eigenvalue weighted by Gasteiger charge is 2.04. The third-order valence-electron chi connectivity index (χ3n) is 2.78. The quantitative estimate of drug-likeness (QED) is 0.869. The molecule has 0 radical (unpaired) electrons. The number of hydrogen-bond donors (Lipinski definition) is 1. The Labute approximate surface area is 112 Å². The molecule has 0 aliphatic rings. The van der Waals surface area contributed by atoms with E-state index in [0.29, 0.717) is 6.61 Å². The van der Waals surface area contributed by atoms with Gasteiger partial charge in [-0.25, -0.2) is 0 Å². The van der Waals surface area contributed by atoms with Crippen LogP contribution in [0.25, 0.3) is 0 Å². The molecule has 2 heterocycles. The molecule has 1 atom stereocenters. The van der Waals surface area contributed by atoms with Crippen molar-refractivity contribution in [2.75, 3.05) is 6.61 Å². The second-order valence-electron chi connectivity index (χ2n) is 4.11. The zero-order valence-corrected chi connectivity index (χ0v) is 11.3. The number of aromatic nitrogens is 1. The second kappa shape index (κ2) is 6.52. The van der Waals surface area contributed by atoms with Crippen LogP contribution < -0.4 is 10.5 Å². The summed E-state index contributed by atoms with van der Waals surface area (Å²) in [6.07, 6.45) is 3.58. The minimum atomic E-state index is 0.0187. The molecule has 0 spiro atoms. The van der Waals surface area contributed by atoms with E-state index in [2.05, 4.69) is 29.4 Å². The van der Waals surface area contributed by atoms with Crippen LogP contribution in [-0.4, -0.2) is 11.6 Å². The van der Waals surface area contributed by atoms with Crippen molar-refractivity contribution in [3.63, 3.8) is 0 Å². The van der Waals surface area contributed by atoms with E-state index in [1.54, 1.807) is 17.5 Å². The van der Waals surface area contributed by atoms with Gasteiger partial charge < -0.3 is 10.5 Å². The number of nitrogens with zero attached hydrogens (tertiary/aromatic N) is 1. The molecule has 0 aliphatic carbocycles. The SMILES string of the molecule is CC[C@H](N)c1ccc(OCCc2cccs2)cn1. The number of thiophene rings is 1. The van der Waals surface area contributed by atoms with Gasteiger partial charge in [-0.2, -0.15) is 0 Å². The van der Waals surface area contributed by atoms with Crippen molar-refractivity contribution in [1.29, 1.82) is 0 Å². The van der Waals surface area contributed by atoms with Gasteiger partial charge in [0.15, 0.2) is 0 Å². The minimum absolute atomic E-state index is 0.0187. The first kappa shape index (κ1) is 13.1. The standard InChI is InChI=1S/C14H18N2OS/c1-2-13(15)14-6-5-11(10-16-14)17-8-7-12-4-3-9-18-12/h3-6,9-10,13H,2,7-8,15H2,1H3/t13-/m0/s1. The summed E-state index contributed by atoms with van der Waals surface area (Å²) in [7, 11) is 0. The van der Waals surface area contributed by atoms with Gasteiger partial charge in [-0.05, 0) is 30.0 Å². The molecule has 0 bridgehead atoms. The van der Waals surface area contributed by atoms with Gasteiger partial charge in [-0.3, -0.25) is 4.98 Å². The molecule has 0 unspecified atom stereocenters. The lowest BCUT2D eigenvalue weighted by atomic mass is 10.1. The summed E-state index contributed by atoms with van der Waals surface area (Å²) < 4.78 is 5.65. The smallest absolute Gasteiger partial charge is 0.137 e. The first-order valence-corrected chi connectivity index (χ1v) is 7.04. The van der Waals surface area contributed by atoms with Crippen LogP contribution in [0.4, 0.5) is 0 Å². The van der Waals surface area contributed by atoms with E-state index in [4.69, 9.17) is 10.5 Å². The first-order valence-electron chi connectivity index (χ1n) is 6.16. The summed E-state index contributed by atoms with van der Waals surface area (Å²) in [6.45, 7) is 2.74. The Morgan fingerprint density at radius 2 is 2.28 bits per heavy atom. The van der Waals surface area contributed by atoms with Crippen LogP contribution in [0.2, 0.25) is 0 Å². The van der Waals surface area contributed by atoms with E-state index in [1.807, 2.05) is 12.1 Å². The molecule has 2 N–H and O–H groups in total. The van der Waals surface area contributed by atoms with E-state index >= 15 is 0 Å². The molecule has 2 aromatic rings. The Morgan fingerprint density at radius 1 is 1.39 bits per heavy atom. The predicted octanol–water partition coefficient (Wildman–Crippen LogP) is 3.17.